The smallest absolute Gasteiger partial charge is 0.239 e. The van der Waals surface area contributed by atoms with Crippen molar-refractivity contribution in [1.29, 1.82) is 0 Å². The molecule has 1 atom stereocenters. The topological polar surface area (TPSA) is 72.4 Å². The summed E-state index contributed by atoms with van der Waals surface area (Å²) in [5, 5.41) is 6.60. The number of likely N-dealkylation sites (N-methyl/N-ethyl adjacent to an activating group) is 1. The Morgan fingerprint density at radius 2 is 2.04 bits per heavy atom. The molecule has 3 aromatic rings. The zero-order chi connectivity index (χ0) is 18.1. The Hall–Kier alpha value is -3.28. The number of hydrogen-bond donors (Lipinski definition) is 2. The van der Waals surface area contributed by atoms with E-state index >= 15 is 0 Å². The minimum absolute atomic E-state index is 0.0725. The van der Waals surface area contributed by atoms with Crippen molar-refractivity contribution in [3.05, 3.63) is 60.3 Å². The second kappa shape index (κ2) is 6.55. The van der Waals surface area contributed by atoms with Crippen molar-refractivity contribution in [2.24, 2.45) is 0 Å². The lowest BCUT2D eigenvalue weighted by Crippen LogP contribution is -2.23. The Morgan fingerprint density at radius 1 is 1.19 bits per heavy atom. The number of ether oxygens (including phenoxy) is 1. The van der Waals surface area contributed by atoms with E-state index in [0.29, 0.717) is 12.3 Å². The number of anilines is 1. The fraction of sp³-hybridized carbons (Fsp3) is 0.200. The van der Waals surface area contributed by atoms with E-state index in [2.05, 4.69) is 10.6 Å². The summed E-state index contributed by atoms with van der Waals surface area (Å²) in [5.74, 6) is 0.275. The molecule has 2 amide bonds. The van der Waals surface area contributed by atoms with Crippen LogP contribution in [0.4, 0.5) is 5.69 Å². The van der Waals surface area contributed by atoms with Crippen molar-refractivity contribution in [3.8, 4) is 5.75 Å². The van der Waals surface area contributed by atoms with Crippen LogP contribution in [0.15, 0.2) is 54.7 Å². The van der Waals surface area contributed by atoms with Crippen LogP contribution in [-0.4, -0.2) is 30.0 Å². The summed E-state index contributed by atoms with van der Waals surface area (Å²) >= 11 is 0. The average molecular weight is 349 g/mol. The number of carbonyl (C=O) groups is 2. The zero-order valence-corrected chi connectivity index (χ0v) is 14.4. The van der Waals surface area contributed by atoms with Crippen LogP contribution in [0.1, 0.15) is 11.5 Å². The molecule has 1 aromatic heterocycles. The highest BCUT2D eigenvalue weighted by atomic mass is 16.5. The predicted octanol–water partition coefficient (Wildman–Crippen LogP) is 2.50. The monoisotopic (exact) mass is 349 g/mol. The van der Waals surface area contributed by atoms with Gasteiger partial charge in [0.15, 0.2) is 0 Å². The first kappa shape index (κ1) is 16.2. The summed E-state index contributed by atoms with van der Waals surface area (Å²) in [6, 6.07) is 15.2. The van der Waals surface area contributed by atoms with Gasteiger partial charge >= 0.3 is 0 Å². The van der Waals surface area contributed by atoms with Crippen LogP contribution >= 0.6 is 0 Å². The molecular formula is C20H19N3O3. The fourth-order valence-electron chi connectivity index (χ4n) is 3.24. The first-order chi connectivity index (χ1) is 12.7. The van der Waals surface area contributed by atoms with Crippen molar-refractivity contribution in [2.75, 3.05) is 19.0 Å². The summed E-state index contributed by atoms with van der Waals surface area (Å²) in [4.78, 5) is 24.4. The Balaban J connectivity index is 1.57. The highest BCUT2D eigenvalue weighted by Gasteiger charge is 2.30. The molecule has 6 heteroatoms. The van der Waals surface area contributed by atoms with Crippen LogP contribution in [-0.2, 0) is 16.1 Å². The molecule has 0 radical (unpaired) electrons. The molecule has 2 heterocycles. The molecule has 0 bridgehead atoms. The number of fused-ring (bicyclic) bond motifs is 2. The molecule has 6 nitrogen and oxygen atoms in total. The minimum Gasteiger partial charge on any atom is -0.492 e. The number of rotatable bonds is 4. The number of nitrogens with one attached hydrogen (secondary N) is 2. The molecule has 0 spiro atoms. The maximum Gasteiger partial charge on any atom is 0.239 e. The molecule has 4 rings (SSSR count). The SMILES string of the molecule is CNC(=O)Cn1ccc2ccc(NC(=O)[C@@H]3COc4ccccc43)cc21. The Morgan fingerprint density at radius 3 is 2.88 bits per heavy atom. The van der Waals surface area contributed by atoms with Crippen molar-refractivity contribution < 1.29 is 14.3 Å². The van der Waals surface area contributed by atoms with E-state index in [9.17, 15) is 9.59 Å². The zero-order valence-electron chi connectivity index (χ0n) is 14.4. The number of nitrogens with zero attached hydrogens (tertiary/aromatic N) is 1. The Labute approximate surface area is 150 Å². The maximum absolute atomic E-state index is 12.7. The lowest BCUT2D eigenvalue weighted by atomic mass is 10.0. The largest absolute Gasteiger partial charge is 0.492 e. The molecule has 0 saturated heterocycles. The van der Waals surface area contributed by atoms with Crippen molar-refractivity contribution >= 4 is 28.4 Å². The summed E-state index contributed by atoms with van der Waals surface area (Å²) in [7, 11) is 1.61. The number of hydrogen-bond acceptors (Lipinski definition) is 3. The lowest BCUT2D eigenvalue weighted by Gasteiger charge is -2.11. The van der Waals surface area contributed by atoms with Gasteiger partial charge in [-0.1, -0.05) is 24.3 Å². The number of carbonyl (C=O) groups excluding carboxylic acids is 2. The molecular weight excluding hydrogens is 330 g/mol. The molecule has 132 valence electrons. The fourth-order valence-corrected chi connectivity index (χ4v) is 3.24. The Bertz CT molecular complexity index is 993. The van der Waals surface area contributed by atoms with Crippen molar-refractivity contribution in [3.63, 3.8) is 0 Å². The standard InChI is InChI=1S/C20H19N3O3/c1-21-19(24)11-23-9-8-13-6-7-14(10-17(13)23)22-20(25)16-12-26-18-5-3-2-4-15(16)18/h2-10,16H,11-12H2,1H3,(H,21,24)(H,22,25)/t16-/m1/s1. The first-order valence-electron chi connectivity index (χ1n) is 8.48. The van der Waals surface area contributed by atoms with Gasteiger partial charge in [-0.25, -0.2) is 0 Å². The van der Waals surface area contributed by atoms with Gasteiger partial charge in [0.2, 0.25) is 11.8 Å². The molecule has 0 unspecified atom stereocenters. The third kappa shape index (κ3) is 2.90. The van der Waals surface area contributed by atoms with Gasteiger partial charge in [0.05, 0.1) is 5.52 Å². The quantitative estimate of drug-likeness (QED) is 0.760. The second-order valence-corrected chi connectivity index (χ2v) is 6.28. The van der Waals surface area contributed by atoms with Crippen molar-refractivity contribution in [1.82, 2.24) is 9.88 Å². The minimum atomic E-state index is -0.320. The third-order valence-electron chi connectivity index (χ3n) is 4.65. The number of para-hydroxylation sites is 1. The van der Waals surface area contributed by atoms with E-state index in [0.717, 1.165) is 22.2 Å². The molecule has 0 saturated carbocycles. The molecule has 2 N–H and O–H groups in total. The van der Waals surface area contributed by atoms with Crippen LogP contribution in [0.3, 0.4) is 0 Å². The molecule has 2 aromatic carbocycles. The van der Waals surface area contributed by atoms with E-state index in [1.807, 2.05) is 59.3 Å². The highest BCUT2D eigenvalue weighted by molar-refractivity contribution is 5.98. The van der Waals surface area contributed by atoms with Gasteiger partial charge in [-0.2, -0.15) is 0 Å². The summed E-state index contributed by atoms with van der Waals surface area (Å²) < 4.78 is 7.45. The van der Waals surface area contributed by atoms with Crippen LogP contribution in [0.25, 0.3) is 10.9 Å². The van der Waals surface area contributed by atoms with Gasteiger partial charge in [-0.3, -0.25) is 9.59 Å². The predicted molar refractivity (Wildman–Crippen MR) is 99.3 cm³/mol. The van der Waals surface area contributed by atoms with Crippen LogP contribution in [0.5, 0.6) is 5.75 Å². The van der Waals surface area contributed by atoms with Crippen LogP contribution in [0.2, 0.25) is 0 Å². The molecule has 1 aliphatic heterocycles. The lowest BCUT2D eigenvalue weighted by molar-refractivity contribution is -0.121. The van der Waals surface area contributed by atoms with E-state index < -0.39 is 0 Å². The number of aromatic nitrogens is 1. The van der Waals surface area contributed by atoms with Gasteiger partial charge < -0.3 is 19.9 Å². The number of amides is 2. The Kier molecular flexibility index (Phi) is 4.08. The number of benzene rings is 2. The van der Waals surface area contributed by atoms with E-state index in [4.69, 9.17) is 4.74 Å². The maximum atomic E-state index is 12.7. The van der Waals surface area contributed by atoms with Crippen molar-refractivity contribution in [2.45, 2.75) is 12.5 Å². The normalized spacial score (nSPS) is 15.3. The van der Waals surface area contributed by atoms with E-state index in [1.165, 1.54) is 0 Å². The van der Waals surface area contributed by atoms with Gasteiger partial charge in [-0.15, -0.1) is 0 Å². The van der Waals surface area contributed by atoms with Crippen LogP contribution < -0.4 is 15.4 Å². The third-order valence-corrected chi connectivity index (χ3v) is 4.65. The van der Waals surface area contributed by atoms with Gasteiger partial charge in [-0.05, 0) is 29.7 Å². The first-order valence-corrected chi connectivity index (χ1v) is 8.48. The second-order valence-electron chi connectivity index (χ2n) is 6.28. The summed E-state index contributed by atoms with van der Waals surface area (Å²) in [6.07, 6.45) is 1.87. The molecule has 0 aliphatic carbocycles. The van der Waals surface area contributed by atoms with E-state index in [1.54, 1.807) is 7.05 Å². The highest BCUT2D eigenvalue weighted by Crippen LogP contribution is 2.34. The molecule has 1 aliphatic rings. The summed E-state index contributed by atoms with van der Waals surface area (Å²) in [6.45, 7) is 0.585. The average Bonchev–Trinajstić information content (AvgIpc) is 3.26. The molecule has 0 fully saturated rings. The summed E-state index contributed by atoms with van der Waals surface area (Å²) in [5.41, 5.74) is 2.51. The van der Waals surface area contributed by atoms with Crippen LogP contribution in [0, 0.1) is 0 Å². The molecule has 26 heavy (non-hydrogen) atoms. The van der Waals surface area contributed by atoms with Gasteiger partial charge in [0.1, 0.15) is 24.8 Å². The van der Waals surface area contributed by atoms with Gasteiger partial charge in [0.25, 0.3) is 0 Å². The van der Waals surface area contributed by atoms with E-state index in [-0.39, 0.29) is 24.3 Å². The van der Waals surface area contributed by atoms with Gasteiger partial charge in [0, 0.05) is 24.5 Å².